The number of amides is 1. The number of thioether (sulfide) groups is 1. The number of rotatable bonds is 3. The Bertz CT molecular complexity index is 1110. The van der Waals surface area contributed by atoms with Crippen molar-refractivity contribution in [1.82, 2.24) is 0 Å². The molecule has 0 saturated carbocycles. The number of nitrogens with zero attached hydrogens (tertiary/aromatic N) is 2. The van der Waals surface area contributed by atoms with Crippen LogP contribution in [0.25, 0.3) is 0 Å². The highest BCUT2D eigenvalue weighted by Gasteiger charge is 2.49. The first-order chi connectivity index (χ1) is 13.7. The molecule has 152 valence electrons. The third-order valence-corrected chi connectivity index (χ3v) is 8.77. The molecule has 2 aliphatic rings. The lowest BCUT2D eigenvalue weighted by Crippen LogP contribution is -2.38. The van der Waals surface area contributed by atoms with Crippen LogP contribution in [0.1, 0.15) is 22.3 Å². The van der Waals surface area contributed by atoms with Gasteiger partial charge in [0.15, 0.2) is 15.0 Å². The molecule has 1 amide bonds. The van der Waals surface area contributed by atoms with Crippen molar-refractivity contribution in [2.45, 2.75) is 38.5 Å². The van der Waals surface area contributed by atoms with Gasteiger partial charge in [-0.05, 0) is 43.5 Å². The van der Waals surface area contributed by atoms with Crippen molar-refractivity contribution in [3.8, 4) is 0 Å². The van der Waals surface area contributed by atoms with Crippen LogP contribution in [0, 0.1) is 20.8 Å². The molecule has 0 unspecified atom stereocenters. The number of anilines is 1. The summed E-state index contributed by atoms with van der Waals surface area (Å²) >= 11 is 1.42. The van der Waals surface area contributed by atoms with E-state index in [1.165, 1.54) is 11.8 Å². The van der Waals surface area contributed by atoms with Crippen molar-refractivity contribution in [1.29, 1.82) is 0 Å². The molecule has 0 N–H and O–H groups in total. The summed E-state index contributed by atoms with van der Waals surface area (Å²) in [5.41, 5.74) is 5.18. The third kappa shape index (κ3) is 4.12. The molecule has 2 aromatic carbocycles. The molecule has 2 fully saturated rings. The molecule has 4 rings (SSSR count). The topological polar surface area (TPSA) is 66.8 Å². The van der Waals surface area contributed by atoms with E-state index in [-0.39, 0.29) is 35.1 Å². The van der Waals surface area contributed by atoms with Crippen molar-refractivity contribution in [3.63, 3.8) is 0 Å². The fourth-order valence-corrected chi connectivity index (χ4v) is 7.91. The van der Waals surface area contributed by atoms with Crippen molar-refractivity contribution >= 4 is 38.4 Å². The van der Waals surface area contributed by atoms with Crippen molar-refractivity contribution < 1.29 is 13.2 Å². The van der Waals surface area contributed by atoms with E-state index >= 15 is 0 Å². The first-order valence-corrected chi connectivity index (χ1v) is 12.3. The van der Waals surface area contributed by atoms with Gasteiger partial charge in [-0.15, -0.1) is 0 Å². The van der Waals surface area contributed by atoms with E-state index < -0.39 is 9.84 Å². The van der Waals surface area contributed by atoms with E-state index in [0.717, 1.165) is 27.9 Å². The van der Waals surface area contributed by atoms with Crippen molar-refractivity contribution in [3.05, 3.63) is 64.7 Å². The highest BCUT2D eigenvalue weighted by Crippen LogP contribution is 2.42. The number of amidine groups is 1. The van der Waals surface area contributed by atoms with Crippen LogP contribution >= 0.6 is 11.8 Å². The molecule has 29 heavy (non-hydrogen) atoms. The molecule has 2 heterocycles. The van der Waals surface area contributed by atoms with Gasteiger partial charge in [-0.3, -0.25) is 4.79 Å². The Morgan fingerprint density at radius 3 is 2.66 bits per heavy atom. The minimum Gasteiger partial charge on any atom is -0.315 e. The Morgan fingerprint density at radius 2 is 1.90 bits per heavy atom. The number of fused-ring (bicyclic) bond motifs is 1. The molecule has 0 spiro atoms. The van der Waals surface area contributed by atoms with Gasteiger partial charge in [0.1, 0.15) is 0 Å². The Labute approximate surface area is 176 Å². The zero-order valence-electron chi connectivity index (χ0n) is 16.8. The van der Waals surface area contributed by atoms with Crippen LogP contribution in [0.5, 0.6) is 0 Å². The van der Waals surface area contributed by atoms with Gasteiger partial charge in [-0.25, -0.2) is 8.42 Å². The first kappa shape index (κ1) is 20.2. The van der Waals surface area contributed by atoms with E-state index in [0.29, 0.717) is 5.17 Å². The Hall–Kier alpha value is -2.12. The summed E-state index contributed by atoms with van der Waals surface area (Å²) in [6.45, 7) is 6.06. The van der Waals surface area contributed by atoms with E-state index in [1.807, 2.05) is 68.1 Å². The van der Waals surface area contributed by atoms with Crippen LogP contribution in [0.2, 0.25) is 0 Å². The second kappa shape index (κ2) is 7.61. The minimum absolute atomic E-state index is 0.0922. The normalized spacial score (nSPS) is 24.1. The molecule has 0 aromatic heterocycles. The van der Waals surface area contributed by atoms with E-state index in [2.05, 4.69) is 4.99 Å². The number of benzene rings is 2. The average molecular weight is 429 g/mol. The van der Waals surface area contributed by atoms with Gasteiger partial charge >= 0.3 is 0 Å². The number of hydrogen-bond acceptors (Lipinski definition) is 4. The van der Waals surface area contributed by atoms with Crippen molar-refractivity contribution in [2.75, 3.05) is 16.4 Å². The number of aryl methyl sites for hydroxylation is 2. The maximum atomic E-state index is 12.7. The average Bonchev–Trinajstić information content (AvgIpc) is 3.08. The van der Waals surface area contributed by atoms with Crippen LogP contribution in [0.4, 0.5) is 5.69 Å². The van der Waals surface area contributed by atoms with Gasteiger partial charge in [0.05, 0.1) is 24.0 Å². The highest BCUT2D eigenvalue weighted by atomic mass is 32.2. The lowest BCUT2D eigenvalue weighted by molar-refractivity contribution is -0.117. The van der Waals surface area contributed by atoms with Crippen LogP contribution in [-0.4, -0.2) is 42.3 Å². The fraction of sp³-hybridized carbons (Fsp3) is 0.364. The summed E-state index contributed by atoms with van der Waals surface area (Å²) < 4.78 is 24.5. The quantitative estimate of drug-likeness (QED) is 0.749. The predicted octanol–water partition coefficient (Wildman–Crippen LogP) is 3.46. The maximum Gasteiger partial charge on any atom is 0.252 e. The summed E-state index contributed by atoms with van der Waals surface area (Å²) in [4.78, 5) is 19.1. The molecule has 2 aliphatic heterocycles. The molecule has 7 heteroatoms. The minimum atomic E-state index is -3.08. The Morgan fingerprint density at radius 1 is 1.14 bits per heavy atom. The lowest BCUT2D eigenvalue weighted by Gasteiger charge is -2.26. The Kier molecular flexibility index (Phi) is 5.29. The van der Waals surface area contributed by atoms with Gasteiger partial charge in [-0.2, -0.15) is 4.99 Å². The SMILES string of the molecule is Cc1cccc(CC(=O)N=C2S[C@@H]3CS(=O)(=O)C[C@@H]3N2c2cccc(C)c2C)c1. The zero-order valence-corrected chi connectivity index (χ0v) is 18.4. The van der Waals surface area contributed by atoms with E-state index in [9.17, 15) is 13.2 Å². The van der Waals surface area contributed by atoms with Gasteiger partial charge in [0, 0.05) is 10.9 Å². The highest BCUT2D eigenvalue weighted by molar-refractivity contribution is 8.16. The summed E-state index contributed by atoms with van der Waals surface area (Å²) in [7, 11) is -3.08. The number of aliphatic imine (C=N–C) groups is 1. The maximum absolute atomic E-state index is 12.7. The third-order valence-electron chi connectivity index (χ3n) is 5.56. The largest absolute Gasteiger partial charge is 0.315 e. The molecule has 2 aromatic rings. The second-order valence-electron chi connectivity index (χ2n) is 7.84. The standard InChI is InChI=1S/C22H24N2O3S2/c1-14-6-4-8-17(10-14)11-21(25)23-22-24(18-9-5-7-15(2)16(18)3)19-12-29(26,27)13-20(19)28-22/h4-10,19-20H,11-13H2,1-3H3/t19-,20+/m0/s1. The Balaban J connectivity index is 1.68. The van der Waals surface area contributed by atoms with Crippen LogP contribution in [0.15, 0.2) is 47.5 Å². The van der Waals surface area contributed by atoms with Gasteiger partial charge < -0.3 is 4.90 Å². The first-order valence-electron chi connectivity index (χ1n) is 9.63. The molecule has 0 radical (unpaired) electrons. The summed E-state index contributed by atoms with van der Waals surface area (Å²) in [6.07, 6.45) is 0.236. The monoisotopic (exact) mass is 428 g/mol. The van der Waals surface area contributed by atoms with Crippen molar-refractivity contribution in [2.24, 2.45) is 4.99 Å². The van der Waals surface area contributed by atoms with E-state index in [4.69, 9.17) is 0 Å². The molecule has 0 bridgehead atoms. The fourth-order valence-electron chi connectivity index (χ4n) is 3.99. The second-order valence-corrected chi connectivity index (χ2v) is 11.2. The number of sulfone groups is 1. The number of carbonyl (C=O) groups excluding carboxylic acids is 1. The molecular formula is C22H24N2O3S2. The summed E-state index contributed by atoms with van der Waals surface area (Å²) in [5.74, 6) is 0.0222. The lowest BCUT2D eigenvalue weighted by atomic mass is 10.1. The number of hydrogen-bond donors (Lipinski definition) is 0. The molecule has 2 saturated heterocycles. The smallest absolute Gasteiger partial charge is 0.252 e. The van der Waals surface area contributed by atoms with Crippen LogP contribution in [0.3, 0.4) is 0 Å². The molecular weight excluding hydrogens is 404 g/mol. The predicted molar refractivity (Wildman–Crippen MR) is 120 cm³/mol. The van der Waals surface area contributed by atoms with Crippen LogP contribution < -0.4 is 4.90 Å². The van der Waals surface area contributed by atoms with Gasteiger partial charge in [-0.1, -0.05) is 53.7 Å². The molecule has 5 nitrogen and oxygen atoms in total. The zero-order chi connectivity index (χ0) is 20.8. The van der Waals surface area contributed by atoms with E-state index in [1.54, 1.807) is 0 Å². The molecule has 2 atom stereocenters. The van der Waals surface area contributed by atoms with Gasteiger partial charge in [0.25, 0.3) is 5.91 Å². The van der Waals surface area contributed by atoms with Gasteiger partial charge in [0.2, 0.25) is 0 Å². The van der Waals surface area contributed by atoms with Crippen LogP contribution in [-0.2, 0) is 21.1 Å². The molecule has 0 aliphatic carbocycles. The number of carbonyl (C=O) groups is 1. The summed E-state index contributed by atoms with van der Waals surface area (Å²) in [5, 5.41) is 0.520. The summed E-state index contributed by atoms with van der Waals surface area (Å²) in [6, 6.07) is 13.6.